The lowest BCUT2D eigenvalue weighted by atomic mass is 10.1. The fourth-order valence-corrected chi connectivity index (χ4v) is 3.20. The van der Waals surface area contributed by atoms with E-state index in [0.29, 0.717) is 23.0 Å². The van der Waals surface area contributed by atoms with Crippen LogP contribution in [0.4, 0.5) is 11.4 Å². The van der Waals surface area contributed by atoms with Crippen LogP contribution in [0, 0.1) is 0 Å². The van der Waals surface area contributed by atoms with Gasteiger partial charge in [0.25, 0.3) is 5.91 Å². The maximum absolute atomic E-state index is 12.8. The maximum atomic E-state index is 12.8. The van der Waals surface area contributed by atoms with Crippen LogP contribution in [0.3, 0.4) is 0 Å². The molecule has 0 fully saturated rings. The molecule has 2 N–H and O–H groups in total. The monoisotopic (exact) mass is 383 g/mol. The Kier molecular flexibility index (Phi) is 8.82. The van der Waals surface area contributed by atoms with E-state index in [-0.39, 0.29) is 5.91 Å². The molecule has 0 radical (unpaired) electrons. The second-order valence-corrected chi connectivity index (χ2v) is 6.95. The number of hydrogen-bond acceptors (Lipinski definition) is 4. The van der Waals surface area contributed by atoms with Gasteiger partial charge in [0.1, 0.15) is 5.75 Å². The minimum Gasteiger partial charge on any atom is -0.497 e. The summed E-state index contributed by atoms with van der Waals surface area (Å²) in [6, 6.07) is 15.3. The molecule has 5 nitrogen and oxygen atoms in total. The molecular weight excluding hydrogens is 350 g/mol. The summed E-state index contributed by atoms with van der Waals surface area (Å²) in [7, 11) is 1.61. The normalized spacial score (nSPS) is 11.9. The number of anilines is 2. The lowest BCUT2D eigenvalue weighted by Gasteiger charge is -2.21. The van der Waals surface area contributed by atoms with Gasteiger partial charge in [0.05, 0.1) is 12.7 Å². The van der Waals surface area contributed by atoms with Crippen LogP contribution >= 0.6 is 0 Å². The standard InChI is InChI=1S/C23H33N3O2/c1-5-26(6-2)16-10-11-18(3)24-22-15-8-7-14-21(22)23(27)25-19-12-9-13-20(17-19)28-4/h7-9,12-15,17-18,24H,5-6,10-11,16H2,1-4H3,(H,25,27). The summed E-state index contributed by atoms with van der Waals surface area (Å²) < 4.78 is 5.22. The van der Waals surface area contributed by atoms with E-state index in [1.165, 1.54) is 0 Å². The number of carbonyl (C=O) groups is 1. The number of carbonyl (C=O) groups excluding carboxylic acids is 1. The quantitative estimate of drug-likeness (QED) is 0.581. The lowest BCUT2D eigenvalue weighted by molar-refractivity contribution is 0.102. The van der Waals surface area contributed by atoms with Crippen LogP contribution < -0.4 is 15.4 Å². The van der Waals surface area contributed by atoms with Crippen molar-refractivity contribution >= 4 is 17.3 Å². The zero-order valence-corrected chi connectivity index (χ0v) is 17.5. The summed E-state index contributed by atoms with van der Waals surface area (Å²) in [5.41, 5.74) is 2.21. The van der Waals surface area contributed by atoms with Gasteiger partial charge in [0.15, 0.2) is 0 Å². The van der Waals surface area contributed by atoms with Crippen molar-refractivity contribution in [1.82, 2.24) is 4.90 Å². The van der Waals surface area contributed by atoms with Crippen LogP contribution in [0.15, 0.2) is 48.5 Å². The highest BCUT2D eigenvalue weighted by atomic mass is 16.5. The Labute approximate surface area is 169 Å². The molecule has 0 aliphatic heterocycles. The Hall–Kier alpha value is -2.53. The van der Waals surface area contributed by atoms with Crippen molar-refractivity contribution in [3.8, 4) is 5.75 Å². The van der Waals surface area contributed by atoms with Crippen LogP contribution in [-0.4, -0.2) is 43.6 Å². The second kappa shape index (κ2) is 11.3. The SMILES string of the molecule is CCN(CC)CCCC(C)Nc1ccccc1C(=O)Nc1cccc(OC)c1. The molecule has 1 atom stereocenters. The Morgan fingerprint density at radius 2 is 1.86 bits per heavy atom. The first-order valence-electron chi connectivity index (χ1n) is 10.1. The molecule has 5 heteroatoms. The molecule has 0 aliphatic carbocycles. The van der Waals surface area contributed by atoms with E-state index in [2.05, 4.69) is 36.3 Å². The van der Waals surface area contributed by atoms with Crippen LogP contribution in [0.5, 0.6) is 5.75 Å². The number of para-hydroxylation sites is 1. The first kappa shape index (κ1) is 21.8. The average molecular weight is 384 g/mol. The Morgan fingerprint density at radius 1 is 1.11 bits per heavy atom. The van der Waals surface area contributed by atoms with Gasteiger partial charge in [-0.05, 0) is 63.7 Å². The van der Waals surface area contributed by atoms with Crippen molar-refractivity contribution in [3.05, 3.63) is 54.1 Å². The predicted octanol–water partition coefficient (Wildman–Crippen LogP) is 4.87. The fourth-order valence-electron chi connectivity index (χ4n) is 3.20. The average Bonchev–Trinajstić information content (AvgIpc) is 2.71. The van der Waals surface area contributed by atoms with Crippen molar-refractivity contribution in [1.29, 1.82) is 0 Å². The summed E-state index contributed by atoms with van der Waals surface area (Å²) >= 11 is 0. The smallest absolute Gasteiger partial charge is 0.257 e. The zero-order valence-electron chi connectivity index (χ0n) is 17.5. The van der Waals surface area contributed by atoms with Gasteiger partial charge >= 0.3 is 0 Å². The molecule has 0 aliphatic rings. The number of rotatable bonds is 11. The summed E-state index contributed by atoms with van der Waals surface area (Å²) in [5, 5.41) is 6.46. The molecule has 0 heterocycles. The van der Waals surface area contributed by atoms with Gasteiger partial charge in [-0.15, -0.1) is 0 Å². The number of benzene rings is 2. The van der Waals surface area contributed by atoms with Crippen molar-refractivity contribution < 1.29 is 9.53 Å². The molecule has 2 rings (SSSR count). The van der Waals surface area contributed by atoms with Crippen molar-refractivity contribution in [2.45, 2.75) is 39.7 Å². The van der Waals surface area contributed by atoms with Crippen LogP contribution in [0.1, 0.15) is 44.0 Å². The van der Waals surface area contributed by atoms with E-state index in [9.17, 15) is 4.79 Å². The number of nitrogens with zero attached hydrogens (tertiary/aromatic N) is 1. The van der Waals surface area contributed by atoms with Crippen LogP contribution in [0.25, 0.3) is 0 Å². The third-order valence-corrected chi connectivity index (χ3v) is 4.91. The van der Waals surface area contributed by atoms with Gasteiger partial charge in [-0.3, -0.25) is 4.79 Å². The first-order valence-corrected chi connectivity index (χ1v) is 10.1. The lowest BCUT2D eigenvalue weighted by Crippen LogP contribution is -2.26. The van der Waals surface area contributed by atoms with Gasteiger partial charge in [-0.2, -0.15) is 0 Å². The molecule has 152 valence electrons. The Morgan fingerprint density at radius 3 is 2.57 bits per heavy atom. The third-order valence-electron chi connectivity index (χ3n) is 4.91. The molecule has 1 amide bonds. The molecule has 2 aromatic rings. The van der Waals surface area contributed by atoms with Gasteiger partial charge in [0.2, 0.25) is 0 Å². The highest BCUT2D eigenvalue weighted by molar-refractivity contribution is 6.08. The third kappa shape index (κ3) is 6.57. The molecule has 0 aromatic heterocycles. The number of methoxy groups -OCH3 is 1. The van der Waals surface area contributed by atoms with Gasteiger partial charge in [-0.1, -0.05) is 32.0 Å². The van der Waals surface area contributed by atoms with E-state index < -0.39 is 0 Å². The fraction of sp³-hybridized carbons (Fsp3) is 0.435. The number of hydrogen-bond donors (Lipinski definition) is 2. The van der Waals surface area contributed by atoms with E-state index in [0.717, 1.165) is 38.2 Å². The minimum atomic E-state index is -0.133. The minimum absolute atomic E-state index is 0.133. The summed E-state index contributed by atoms with van der Waals surface area (Å²) in [6.45, 7) is 9.85. The van der Waals surface area contributed by atoms with Crippen molar-refractivity contribution in [3.63, 3.8) is 0 Å². The highest BCUT2D eigenvalue weighted by Crippen LogP contribution is 2.21. The molecule has 28 heavy (non-hydrogen) atoms. The molecule has 0 saturated carbocycles. The van der Waals surface area contributed by atoms with E-state index in [1.807, 2.05) is 48.5 Å². The molecular formula is C23H33N3O2. The highest BCUT2D eigenvalue weighted by Gasteiger charge is 2.13. The van der Waals surface area contributed by atoms with Crippen molar-refractivity contribution in [2.75, 3.05) is 37.4 Å². The number of nitrogens with one attached hydrogen (secondary N) is 2. The van der Waals surface area contributed by atoms with E-state index in [4.69, 9.17) is 4.74 Å². The molecule has 1 unspecified atom stereocenters. The second-order valence-electron chi connectivity index (χ2n) is 6.95. The number of amides is 1. The maximum Gasteiger partial charge on any atom is 0.257 e. The topological polar surface area (TPSA) is 53.6 Å². The van der Waals surface area contributed by atoms with Gasteiger partial charge in [0, 0.05) is 23.5 Å². The Balaban J connectivity index is 1.98. The molecule has 0 saturated heterocycles. The molecule has 0 spiro atoms. The van der Waals surface area contributed by atoms with Crippen molar-refractivity contribution in [2.24, 2.45) is 0 Å². The number of ether oxygens (including phenoxy) is 1. The van der Waals surface area contributed by atoms with Crippen LogP contribution in [-0.2, 0) is 0 Å². The molecule has 0 bridgehead atoms. The van der Waals surface area contributed by atoms with Gasteiger partial charge < -0.3 is 20.3 Å². The van der Waals surface area contributed by atoms with Crippen LogP contribution in [0.2, 0.25) is 0 Å². The Bertz CT molecular complexity index is 744. The zero-order chi connectivity index (χ0) is 20.4. The van der Waals surface area contributed by atoms with E-state index in [1.54, 1.807) is 7.11 Å². The van der Waals surface area contributed by atoms with E-state index >= 15 is 0 Å². The predicted molar refractivity (Wildman–Crippen MR) is 117 cm³/mol. The molecule has 2 aromatic carbocycles. The summed E-state index contributed by atoms with van der Waals surface area (Å²) in [5.74, 6) is 0.581. The first-order chi connectivity index (χ1) is 13.6. The van der Waals surface area contributed by atoms with Gasteiger partial charge in [-0.25, -0.2) is 0 Å². The largest absolute Gasteiger partial charge is 0.497 e. The summed E-state index contributed by atoms with van der Waals surface area (Å²) in [6.07, 6.45) is 2.19. The summed E-state index contributed by atoms with van der Waals surface area (Å²) in [4.78, 5) is 15.2.